The summed E-state index contributed by atoms with van der Waals surface area (Å²) >= 11 is 0. The van der Waals surface area contributed by atoms with Crippen molar-refractivity contribution in [3.05, 3.63) is 0 Å². The highest BCUT2D eigenvalue weighted by Crippen LogP contribution is 2.37. The first-order valence-electron chi connectivity index (χ1n) is 7.33. The summed E-state index contributed by atoms with van der Waals surface area (Å²) in [5.74, 6) is 0.305. The van der Waals surface area contributed by atoms with E-state index in [4.69, 9.17) is 4.74 Å². The Morgan fingerprint density at radius 2 is 2.11 bits per heavy atom. The van der Waals surface area contributed by atoms with Crippen molar-refractivity contribution in [2.75, 3.05) is 13.2 Å². The minimum atomic E-state index is -0.249. The third kappa shape index (κ3) is 2.28. The van der Waals surface area contributed by atoms with E-state index >= 15 is 0 Å². The highest BCUT2D eigenvalue weighted by molar-refractivity contribution is 5.89. The monoisotopic (exact) mass is 254 g/mol. The SMILES string of the molecule is CCOCC(C)N1C(=O)C2(CCCC2)NC1CC. The number of hydrogen-bond donors (Lipinski definition) is 1. The van der Waals surface area contributed by atoms with E-state index in [2.05, 4.69) is 19.2 Å². The van der Waals surface area contributed by atoms with Crippen LogP contribution in [0.15, 0.2) is 0 Å². The van der Waals surface area contributed by atoms with Gasteiger partial charge in [-0.3, -0.25) is 10.1 Å². The predicted octanol–water partition coefficient (Wildman–Crippen LogP) is 1.89. The molecule has 1 spiro atoms. The van der Waals surface area contributed by atoms with E-state index in [-0.39, 0.29) is 17.7 Å². The molecule has 2 unspecified atom stereocenters. The van der Waals surface area contributed by atoms with Gasteiger partial charge in [-0.05, 0) is 33.1 Å². The van der Waals surface area contributed by atoms with Gasteiger partial charge in [0.2, 0.25) is 5.91 Å². The minimum Gasteiger partial charge on any atom is -0.380 e. The molecular formula is C14H26N2O2. The van der Waals surface area contributed by atoms with Gasteiger partial charge < -0.3 is 9.64 Å². The normalized spacial score (nSPS) is 28.3. The summed E-state index contributed by atoms with van der Waals surface area (Å²) in [5.41, 5.74) is -0.249. The van der Waals surface area contributed by atoms with Gasteiger partial charge in [0.05, 0.1) is 24.4 Å². The second kappa shape index (κ2) is 5.57. The molecule has 0 aromatic rings. The van der Waals surface area contributed by atoms with Crippen LogP contribution in [0.25, 0.3) is 0 Å². The van der Waals surface area contributed by atoms with Gasteiger partial charge in [-0.25, -0.2) is 0 Å². The first kappa shape index (κ1) is 13.8. The van der Waals surface area contributed by atoms with Crippen molar-refractivity contribution in [2.24, 2.45) is 0 Å². The van der Waals surface area contributed by atoms with Crippen LogP contribution >= 0.6 is 0 Å². The Balaban J connectivity index is 2.10. The van der Waals surface area contributed by atoms with Gasteiger partial charge in [0, 0.05) is 6.61 Å². The molecule has 0 aromatic heterocycles. The Labute approximate surface area is 110 Å². The van der Waals surface area contributed by atoms with Crippen LogP contribution in [0, 0.1) is 0 Å². The lowest BCUT2D eigenvalue weighted by molar-refractivity contribution is -0.136. The zero-order valence-electron chi connectivity index (χ0n) is 11.9. The van der Waals surface area contributed by atoms with E-state index in [0.717, 1.165) is 19.3 Å². The topological polar surface area (TPSA) is 41.6 Å². The Bertz CT molecular complexity index is 300. The molecule has 1 aliphatic carbocycles. The van der Waals surface area contributed by atoms with Gasteiger partial charge in [-0.2, -0.15) is 0 Å². The summed E-state index contributed by atoms with van der Waals surface area (Å²) in [6.45, 7) is 7.57. The van der Waals surface area contributed by atoms with Crippen molar-refractivity contribution in [2.45, 2.75) is 70.6 Å². The lowest BCUT2D eigenvalue weighted by Gasteiger charge is -2.29. The Hall–Kier alpha value is -0.610. The van der Waals surface area contributed by atoms with Crippen LogP contribution in [0.4, 0.5) is 0 Å². The Morgan fingerprint density at radius 3 is 2.67 bits per heavy atom. The standard InChI is InChI=1S/C14H26N2O2/c1-4-12-15-14(8-6-7-9-14)13(17)16(12)11(3)10-18-5-2/h11-12,15H,4-10H2,1-3H3. The summed E-state index contributed by atoms with van der Waals surface area (Å²) in [6, 6.07) is 0.162. The Morgan fingerprint density at radius 1 is 1.44 bits per heavy atom. The average molecular weight is 254 g/mol. The predicted molar refractivity (Wildman–Crippen MR) is 71.2 cm³/mol. The van der Waals surface area contributed by atoms with Crippen LogP contribution in [-0.4, -0.2) is 41.8 Å². The lowest BCUT2D eigenvalue weighted by atomic mass is 9.98. The van der Waals surface area contributed by atoms with E-state index in [1.165, 1.54) is 12.8 Å². The molecule has 0 radical (unpaired) electrons. The third-order valence-electron chi connectivity index (χ3n) is 4.30. The lowest BCUT2D eigenvalue weighted by Crippen LogP contribution is -2.46. The van der Waals surface area contributed by atoms with Crippen LogP contribution in [0.5, 0.6) is 0 Å². The number of carbonyl (C=O) groups excluding carboxylic acids is 1. The smallest absolute Gasteiger partial charge is 0.244 e. The van der Waals surface area contributed by atoms with E-state index in [9.17, 15) is 4.79 Å². The van der Waals surface area contributed by atoms with Crippen LogP contribution in [0.1, 0.15) is 52.9 Å². The number of amides is 1. The van der Waals surface area contributed by atoms with Crippen LogP contribution < -0.4 is 5.32 Å². The number of hydrogen-bond acceptors (Lipinski definition) is 3. The molecule has 1 heterocycles. The van der Waals surface area contributed by atoms with Crippen molar-refractivity contribution in [1.29, 1.82) is 0 Å². The zero-order chi connectivity index (χ0) is 13.2. The van der Waals surface area contributed by atoms with Crippen LogP contribution in [0.3, 0.4) is 0 Å². The van der Waals surface area contributed by atoms with Gasteiger partial charge in [0.25, 0.3) is 0 Å². The average Bonchev–Trinajstić information content (AvgIpc) is 2.94. The second-order valence-electron chi connectivity index (χ2n) is 5.58. The molecule has 1 N–H and O–H groups in total. The van der Waals surface area contributed by atoms with E-state index in [1.54, 1.807) is 0 Å². The molecule has 2 atom stereocenters. The summed E-state index contributed by atoms with van der Waals surface area (Å²) in [5, 5.41) is 3.59. The Kier molecular flexibility index (Phi) is 4.28. The van der Waals surface area contributed by atoms with Crippen molar-refractivity contribution in [1.82, 2.24) is 10.2 Å². The molecule has 2 aliphatic rings. The maximum Gasteiger partial charge on any atom is 0.244 e. The fraction of sp³-hybridized carbons (Fsp3) is 0.929. The van der Waals surface area contributed by atoms with Crippen LogP contribution in [-0.2, 0) is 9.53 Å². The number of nitrogens with zero attached hydrogens (tertiary/aromatic N) is 1. The largest absolute Gasteiger partial charge is 0.380 e. The molecule has 2 fully saturated rings. The number of ether oxygens (including phenoxy) is 1. The van der Waals surface area contributed by atoms with Gasteiger partial charge in [0.1, 0.15) is 0 Å². The van der Waals surface area contributed by atoms with Crippen molar-refractivity contribution in [3.63, 3.8) is 0 Å². The highest BCUT2D eigenvalue weighted by Gasteiger charge is 2.52. The van der Waals surface area contributed by atoms with Gasteiger partial charge in [-0.15, -0.1) is 0 Å². The molecule has 2 rings (SSSR count). The highest BCUT2D eigenvalue weighted by atomic mass is 16.5. The van der Waals surface area contributed by atoms with E-state index in [1.807, 2.05) is 11.8 Å². The van der Waals surface area contributed by atoms with Gasteiger partial charge >= 0.3 is 0 Å². The van der Waals surface area contributed by atoms with E-state index < -0.39 is 0 Å². The molecule has 104 valence electrons. The van der Waals surface area contributed by atoms with Gasteiger partial charge in [0.15, 0.2) is 0 Å². The number of nitrogens with one attached hydrogen (secondary N) is 1. The first-order chi connectivity index (χ1) is 8.64. The van der Waals surface area contributed by atoms with Crippen molar-refractivity contribution < 1.29 is 9.53 Å². The molecule has 1 saturated carbocycles. The molecular weight excluding hydrogens is 228 g/mol. The number of rotatable bonds is 5. The maximum atomic E-state index is 12.7. The summed E-state index contributed by atoms with van der Waals surface area (Å²) in [4.78, 5) is 14.7. The number of carbonyl (C=O) groups is 1. The first-order valence-corrected chi connectivity index (χ1v) is 7.33. The fourth-order valence-corrected chi connectivity index (χ4v) is 3.35. The summed E-state index contributed by atoms with van der Waals surface area (Å²) < 4.78 is 5.48. The van der Waals surface area contributed by atoms with E-state index in [0.29, 0.717) is 19.1 Å². The maximum absolute atomic E-state index is 12.7. The van der Waals surface area contributed by atoms with Crippen LogP contribution in [0.2, 0.25) is 0 Å². The molecule has 1 aliphatic heterocycles. The summed E-state index contributed by atoms with van der Waals surface area (Å²) in [6.07, 6.45) is 5.49. The molecule has 0 bridgehead atoms. The van der Waals surface area contributed by atoms with Crippen molar-refractivity contribution >= 4 is 5.91 Å². The summed E-state index contributed by atoms with van der Waals surface area (Å²) in [7, 11) is 0. The molecule has 18 heavy (non-hydrogen) atoms. The third-order valence-corrected chi connectivity index (χ3v) is 4.30. The quantitative estimate of drug-likeness (QED) is 0.814. The zero-order valence-corrected chi connectivity index (χ0v) is 11.9. The fourth-order valence-electron chi connectivity index (χ4n) is 3.35. The molecule has 1 amide bonds. The molecule has 1 saturated heterocycles. The minimum absolute atomic E-state index is 0.162. The van der Waals surface area contributed by atoms with Crippen molar-refractivity contribution in [3.8, 4) is 0 Å². The second-order valence-corrected chi connectivity index (χ2v) is 5.58. The molecule has 4 heteroatoms. The molecule has 4 nitrogen and oxygen atoms in total. The van der Waals surface area contributed by atoms with Gasteiger partial charge in [-0.1, -0.05) is 19.8 Å². The molecule has 0 aromatic carbocycles.